The standard InChI is InChI=1S/C20H24BrN7O2/c1-12-16(26-19(30)18(27-22)15-5-4-13(21)7-24-15)6-14(8-23-12)25-17(29)9-28-10-20(2,3)11-28/h4-8H,9-11,22H2,1-3H3,(H,25,29)(H,26,30). The first-order chi connectivity index (χ1) is 14.2. The SMILES string of the molecule is Cc1ncc(NC(=O)CN2CC(C)(C)C2)cc1NC(=O)C(=NN)c1ccc(Br)cn1. The van der Waals surface area contributed by atoms with E-state index in [1.807, 2.05) is 0 Å². The molecule has 2 aromatic heterocycles. The number of nitrogens with zero attached hydrogens (tertiary/aromatic N) is 4. The minimum atomic E-state index is -0.525. The van der Waals surface area contributed by atoms with Gasteiger partial charge < -0.3 is 16.5 Å². The summed E-state index contributed by atoms with van der Waals surface area (Å²) in [5.74, 6) is 4.76. The lowest BCUT2D eigenvalue weighted by Crippen LogP contribution is -2.54. The predicted molar refractivity (Wildman–Crippen MR) is 119 cm³/mol. The topological polar surface area (TPSA) is 126 Å². The maximum Gasteiger partial charge on any atom is 0.278 e. The summed E-state index contributed by atoms with van der Waals surface area (Å²) in [4.78, 5) is 35.4. The van der Waals surface area contributed by atoms with Gasteiger partial charge in [-0.3, -0.25) is 24.5 Å². The summed E-state index contributed by atoms with van der Waals surface area (Å²) in [5, 5.41) is 9.14. The molecule has 2 aromatic rings. The quantitative estimate of drug-likeness (QED) is 0.335. The van der Waals surface area contributed by atoms with Gasteiger partial charge in [-0.1, -0.05) is 13.8 Å². The Bertz CT molecular complexity index is 981. The molecule has 0 aromatic carbocycles. The fourth-order valence-corrected chi connectivity index (χ4v) is 3.58. The molecule has 0 aliphatic carbocycles. The lowest BCUT2D eigenvalue weighted by molar-refractivity contribution is -0.120. The smallest absolute Gasteiger partial charge is 0.278 e. The summed E-state index contributed by atoms with van der Waals surface area (Å²) in [7, 11) is 0. The van der Waals surface area contributed by atoms with Crippen molar-refractivity contribution in [3.8, 4) is 0 Å². The molecule has 1 fully saturated rings. The molecule has 1 saturated heterocycles. The molecule has 4 N–H and O–H groups in total. The molecule has 2 amide bonds. The van der Waals surface area contributed by atoms with Crippen LogP contribution in [0.3, 0.4) is 0 Å². The molecule has 10 heteroatoms. The number of carbonyl (C=O) groups is 2. The van der Waals surface area contributed by atoms with Crippen LogP contribution < -0.4 is 16.5 Å². The first kappa shape index (κ1) is 21.8. The molecular formula is C20H24BrN7O2. The van der Waals surface area contributed by atoms with Gasteiger partial charge in [0.05, 0.1) is 35.5 Å². The number of nitrogens with two attached hydrogens (primary N) is 1. The number of amides is 2. The van der Waals surface area contributed by atoms with Gasteiger partial charge in [0.1, 0.15) is 0 Å². The minimum absolute atomic E-state index is 0.0169. The van der Waals surface area contributed by atoms with Crippen molar-refractivity contribution in [1.29, 1.82) is 0 Å². The van der Waals surface area contributed by atoms with Gasteiger partial charge in [0.25, 0.3) is 5.91 Å². The van der Waals surface area contributed by atoms with Crippen LogP contribution in [0.4, 0.5) is 11.4 Å². The number of carbonyl (C=O) groups excluding carboxylic acids is 2. The van der Waals surface area contributed by atoms with Gasteiger partial charge in [-0.05, 0) is 46.5 Å². The monoisotopic (exact) mass is 473 g/mol. The van der Waals surface area contributed by atoms with Gasteiger partial charge in [0.15, 0.2) is 5.71 Å². The second-order valence-corrected chi connectivity index (χ2v) is 8.92. The van der Waals surface area contributed by atoms with E-state index in [9.17, 15) is 9.59 Å². The average Bonchev–Trinajstić information content (AvgIpc) is 2.65. The van der Waals surface area contributed by atoms with Crippen molar-refractivity contribution in [3.05, 3.63) is 46.5 Å². The Labute approximate surface area is 183 Å². The number of hydrogen-bond donors (Lipinski definition) is 3. The zero-order valence-electron chi connectivity index (χ0n) is 17.1. The van der Waals surface area contributed by atoms with Crippen molar-refractivity contribution in [1.82, 2.24) is 14.9 Å². The average molecular weight is 474 g/mol. The van der Waals surface area contributed by atoms with Crippen LogP contribution in [0.25, 0.3) is 0 Å². The Morgan fingerprint density at radius 2 is 1.97 bits per heavy atom. The number of hydrazone groups is 1. The number of rotatable bonds is 6. The maximum absolute atomic E-state index is 12.7. The molecule has 30 heavy (non-hydrogen) atoms. The number of halogens is 1. The minimum Gasteiger partial charge on any atom is -0.324 e. The molecule has 9 nitrogen and oxygen atoms in total. The Morgan fingerprint density at radius 1 is 1.23 bits per heavy atom. The Morgan fingerprint density at radius 3 is 2.57 bits per heavy atom. The van der Waals surface area contributed by atoms with E-state index in [4.69, 9.17) is 5.84 Å². The summed E-state index contributed by atoms with van der Waals surface area (Å²) >= 11 is 3.29. The predicted octanol–water partition coefficient (Wildman–Crippen LogP) is 2.13. The van der Waals surface area contributed by atoms with Crippen LogP contribution in [0.2, 0.25) is 0 Å². The van der Waals surface area contributed by atoms with Crippen LogP contribution in [-0.4, -0.2) is 52.0 Å². The molecule has 0 spiro atoms. The summed E-state index contributed by atoms with van der Waals surface area (Å²) in [6.45, 7) is 8.18. The number of nitrogens with one attached hydrogen (secondary N) is 2. The summed E-state index contributed by atoms with van der Waals surface area (Å²) in [6.07, 6.45) is 3.10. The van der Waals surface area contributed by atoms with Crippen LogP contribution in [0, 0.1) is 12.3 Å². The van der Waals surface area contributed by atoms with Crippen LogP contribution >= 0.6 is 15.9 Å². The number of aromatic nitrogens is 2. The van der Waals surface area contributed by atoms with Crippen molar-refractivity contribution >= 4 is 44.8 Å². The largest absolute Gasteiger partial charge is 0.324 e. The van der Waals surface area contributed by atoms with Crippen LogP contribution in [-0.2, 0) is 9.59 Å². The van der Waals surface area contributed by atoms with E-state index in [0.717, 1.165) is 17.6 Å². The second kappa shape index (κ2) is 8.88. The maximum atomic E-state index is 12.7. The van der Waals surface area contributed by atoms with Gasteiger partial charge in [0, 0.05) is 23.8 Å². The number of aryl methyl sites for hydroxylation is 1. The Balaban J connectivity index is 1.66. The van der Waals surface area contributed by atoms with Gasteiger partial charge in [-0.2, -0.15) is 5.10 Å². The molecule has 1 aliphatic heterocycles. The first-order valence-corrected chi connectivity index (χ1v) is 10.2. The molecule has 3 rings (SSSR count). The highest BCUT2D eigenvalue weighted by Gasteiger charge is 2.34. The fourth-order valence-electron chi connectivity index (χ4n) is 3.35. The molecule has 0 unspecified atom stereocenters. The molecular weight excluding hydrogens is 450 g/mol. The van der Waals surface area contributed by atoms with Crippen LogP contribution in [0.1, 0.15) is 25.2 Å². The van der Waals surface area contributed by atoms with E-state index >= 15 is 0 Å². The Kier molecular flexibility index (Phi) is 6.47. The van der Waals surface area contributed by atoms with Crippen molar-refractivity contribution in [2.75, 3.05) is 30.3 Å². The third-order valence-corrected chi connectivity index (χ3v) is 5.07. The normalized spacial score (nSPS) is 15.9. The van der Waals surface area contributed by atoms with Gasteiger partial charge >= 0.3 is 0 Å². The molecule has 3 heterocycles. The van der Waals surface area contributed by atoms with Crippen molar-refractivity contribution < 1.29 is 9.59 Å². The van der Waals surface area contributed by atoms with E-state index < -0.39 is 5.91 Å². The van der Waals surface area contributed by atoms with Gasteiger partial charge in [0.2, 0.25) is 5.91 Å². The highest BCUT2D eigenvalue weighted by atomic mass is 79.9. The van der Waals surface area contributed by atoms with Crippen molar-refractivity contribution in [2.24, 2.45) is 16.4 Å². The zero-order chi connectivity index (χ0) is 21.9. The summed E-state index contributed by atoms with van der Waals surface area (Å²) in [5.41, 5.74) is 2.11. The number of pyridine rings is 2. The second-order valence-electron chi connectivity index (χ2n) is 8.01. The summed E-state index contributed by atoms with van der Waals surface area (Å²) in [6, 6.07) is 5.03. The molecule has 0 radical (unpaired) electrons. The lowest BCUT2D eigenvalue weighted by atomic mass is 9.84. The van der Waals surface area contributed by atoms with Gasteiger partial charge in [-0.15, -0.1) is 0 Å². The first-order valence-electron chi connectivity index (χ1n) is 9.37. The number of hydrogen-bond acceptors (Lipinski definition) is 7. The van der Waals surface area contributed by atoms with E-state index in [2.05, 4.69) is 60.4 Å². The molecule has 0 bridgehead atoms. The van der Waals surface area contributed by atoms with Crippen molar-refractivity contribution in [2.45, 2.75) is 20.8 Å². The highest BCUT2D eigenvalue weighted by molar-refractivity contribution is 9.10. The van der Waals surface area contributed by atoms with Crippen molar-refractivity contribution in [3.63, 3.8) is 0 Å². The Hall–Kier alpha value is -2.85. The third-order valence-electron chi connectivity index (χ3n) is 4.60. The summed E-state index contributed by atoms with van der Waals surface area (Å²) < 4.78 is 0.772. The molecule has 0 saturated carbocycles. The fraction of sp³-hybridized carbons (Fsp3) is 0.350. The third kappa shape index (κ3) is 5.39. The molecule has 158 valence electrons. The molecule has 0 atom stereocenters. The van der Waals surface area contributed by atoms with E-state index in [0.29, 0.717) is 29.3 Å². The van der Waals surface area contributed by atoms with Crippen LogP contribution in [0.15, 0.2) is 40.2 Å². The van der Waals surface area contributed by atoms with Gasteiger partial charge in [-0.25, -0.2) is 0 Å². The van der Waals surface area contributed by atoms with E-state index in [1.165, 1.54) is 0 Å². The molecule has 1 aliphatic rings. The van der Waals surface area contributed by atoms with E-state index in [-0.39, 0.29) is 17.0 Å². The van der Waals surface area contributed by atoms with E-state index in [1.54, 1.807) is 37.5 Å². The zero-order valence-corrected chi connectivity index (χ0v) is 18.7. The van der Waals surface area contributed by atoms with Crippen LogP contribution in [0.5, 0.6) is 0 Å². The number of anilines is 2. The highest BCUT2D eigenvalue weighted by Crippen LogP contribution is 2.28. The number of likely N-dealkylation sites (tertiary alicyclic amines) is 1. The lowest BCUT2D eigenvalue weighted by Gasteiger charge is -2.45.